The molecule has 1 atom stereocenters. The SMILES string of the molecule is CCCCCCCCNc1nnc(C(C)N)o1. The van der Waals surface area contributed by atoms with Crippen molar-refractivity contribution in [1.82, 2.24) is 10.2 Å². The normalized spacial score (nSPS) is 12.6. The number of aromatic nitrogens is 2. The van der Waals surface area contributed by atoms with Gasteiger partial charge in [0.15, 0.2) is 0 Å². The number of hydrogen-bond acceptors (Lipinski definition) is 5. The lowest BCUT2D eigenvalue weighted by Gasteiger charge is -2.01. The van der Waals surface area contributed by atoms with E-state index < -0.39 is 0 Å². The van der Waals surface area contributed by atoms with Crippen LogP contribution in [0.3, 0.4) is 0 Å². The quantitative estimate of drug-likeness (QED) is 0.649. The molecule has 0 aliphatic rings. The molecule has 1 rings (SSSR count). The van der Waals surface area contributed by atoms with Crippen LogP contribution in [-0.4, -0.2) is 16.7 Å². The molecule has 0 aromatic carbocycles. The van der Waals surface area contributed by atoms with E-state index >= 15 is 0 Å². The van der Waals surface area contributed by atoms with Gasteiger partial charge in [-0.25, -0.2) is 0 Å². The van der Waals surface area contributed by atoms with Gasteiger partial charge in [0, 0.05) is 6.54 Å². The van der Waals surface area contributed by atoms with Crippen LogP contribution >= 0.6 is 0 Å². The molecule has 0 spiro atoms. The minimum atomic E-state index is -0.202. The molecule has 0 bridgehead atoms. The number of nitrogens with two attached hydrogens (primary N) is 1. The van der Waals surface area contributed by atoms with Crippen molar-refractivity contribution in [3.63, 3.8) is 0 Å². The minimum absolute atomic E-state index is 0.202. The molecule has 0 saturated heterocycles. The fraction of sp³-hybridized carbons (Fsp3) is 0.833. The van der Waals surface area contributed by atoms with Crippen molar-refractivity contribution in [3.8, 4) is 0 Å². The maximum Gasteiger partial charge on any atom is 0.315 e. The first-order valence-corrected chi connectivity index (χ1v) is 6.57. The van der Waals surface area contributed by atoms with Gasteiger partial charge in [0.05, 0.1) is 6.04 Å². The van der Waals surface area contributed by atoms with Crippen LogP contribution in [0.25, 0.3) is 0 Å². The Bertz CT molecular complexity index is 298. The van der Waals surface area contributed by atoms with Gasteiger partial charge in [0.1, 0.15) is 0 Å². The highest BCUT2D eigenvalue weighted by Crippen LogP contribution is 2.11. The third-order valence-corrected chi connectivity index (χ3v) is 2.64. The number of nitrogens with one attached hydrogen (secondary N) is 1. The number of rotatable bonds is 9. The molecule has 0 saturated carbocycles. The van der Waals surface area contributed by atoms with E-state index in [1.54, 1.807) is 0 Å². The molecule has 1 aromatic heterocycles. The Morgan fingerprint density at radius 3 is 2.53 bits per heavy atom. The van der Waals surface area contributed by atoms with Crippen LogP contribution in [0.4, 0.5) is 6.01 Å². The van der Waals surface area contributed by atoms with Crippen molar-refractivity contribution >= 4 is 6.01 Å². The van der Waals surface area contributed by atoms with Gasteiger partial charge in [0.25, 0.3) is 0 Å². The first kappa shape index (κ1) is 14.0. The van der Waals surface area contributed by atoms with Crippen molar-refractivity contribution in [2.24, 2.45) is 5.73 Å². The lowest BCUT2D eigenvalue weighted by molar-refractivity contribution is 0.472. The summed E-state index contributed by atoms with van der Waals surface area (Å²) in [4.78, 5) is 0. The molecule has 5 heteroatoms. The van der Waals surface area contributed by atoms with E-state index in [1.807, 2.05) is 6.92 Å². The molecule has 0 amide bonds. The topological polar surface area (TPSA) is 77.0 Å². The van der Waals surface area contributed by atoms with Crippen molar-refractivity contribution in [2.45, 2.75) is 58.4 Å². The molecule has 5 nitrogen and oxygen atoms in total. The summed E-state index contributed by atoms with van der Waals surface area (Å²) in [6, 6.07) is 0.276. The fourth-order valence-corrected chi connectivity index (χ4v) is 1.59. The van der Waals surface area contributed by atoms with Crippen molar-refractivity contribution in [3.05, 3.63) is 5.89 Å². The molecule has 0 aliphatic heterocycles. The van der Waals surface area contributed by atoms with Crippen LogP contribution < -0.4 is 11.1 Å². The zero-order chi connectivity index (χ0) is 12.5. The van der Waals surface area contributed by atoms with Crippen LogP contribution in [0.2, 0.25) is 0 Å². The highest BCUT2D eigenvalue weighted by Gasteiger charge is 2.08. The number of hydrogen-bond donors (Lipinski definition) is 2. The first-order chi connectivity index (χ1) is 8.24. The zero-order valence-electron chi connectivity index (χ0n) is 10.9. The molecular formula is C12H24N4O. The Morgan fingerprint density at radius 2 is 1.88 bits per heavy atom. The van der Waals surface area contributed by atoms with Gasteiger partial charge < -0.3 is 15.5 Å². The summed E-state index contributed by atoms with van der Waals surface area (Å²) in [5.74, 6) is 0.482. The maximum absolute atomic E-state index is 5.63. The Labute approximate surface area is 103 Å². The highest BCUT2D eigenvalue weighted by molar-refractivity contribution is 5.16. The largest absolute Gasteiger partial charge is 0.406 e. The Morgan fingerprint density at radius 1 is 1.18 bits per heavy atom. The van der Waals surface area contributed by atoms with E-state index in [-0.39, 0.29) is 6.04 Å². The van der Waals surface area contributed by atoms with E-state index in [2.05, 4.69) is 22.4 Å². The summed E-state index contributed by atoms with van der Waals surface area (Å²) in [5, 5.41) is 10.8. The molecule has 98 valence electrons. The second kappa shape index (κ2) is 8.06. The molecule has 17 heavy (non-hydrogen) atoms. The third-order valence-electron chi connectivity index (χ3n) is 2.64. The molecular weight excluding hydrogens is 216 g/mol. The molecule has 3 N–H and O–H groups in total. The molecule has 0 aliphatic carbocycles. The van der Waals surface area contributed by atoms with Gasteiger partial charge in [-0.1, -0.05) is 44.1 Å². The molecule has 1 unspecified atom stereocenters. The smallest absolute Gasteiger partial charge is 0.315 e. The number of nitrogens with zero attached hydrogens (tertiary/aromatic N) is 2. The van der Waals surface area contributed by atoms with Crippen LogP contribution in [-0.2, 0) is 0 Å². The van der Waals surface area contributed by atoms with E-state index in [1.165, 1.54) is 32.1 Å². The van der Waals surface area contributed by atoms with Gasteiger partial charge in [-0.3, -0.25) is 0 Å². The summed E-state index contributed by atoms with van der Waals surface area (Å²) in [7, 11) is 0. The second-order valence-electron chi connectivity index (χ2n) is 4.43. The van der Waals surface area contributed by atoms with Crippen LogP contribution in [0.1, 0.15) is 64.3 Å². The van der Waals surface area contributed by atoms with E-state index in [0.29, 0.717) is 11.9 Å². The van der Waals surface area contributed by atoms with Gasteiger partial charge in [-0.15, -0.1) is 5.10 Å². The van der Waals surface area contributed by atoms with E-state index in [9.17, 15) is 0 Å². The third kappa shape index (κ3) is 5.68. The molecule has 1 heterocycles. The van der Waals surface area contributed by atoms with E-state index in [4.69, 9.17) is 10.2 Å². The lowest BCUT2D eigenvalue weighted by Crippen LogP contribution is -2.04. The zero-order valence-corrected chi connectivity index (χ0v) is 10.9. The lowest BCUT2D eigenvalue weighted by atomic mass is 10.1. The number of unbranched alkanes of at least 4 members (excludes halogenated alkanes) is 5. The van der Waals surface area contributed by atoms with Crippen LogP contribution in [0, 0.1) is 0 Å². The van der Waals surface area contributed by atoms with Crippen molar-refractivity contribution in [1.29, 1.82) is 0 Å². The van der Waals surface area contributed by atoms with Crippen molar-refractivity contribution in [2.75, 3.05) is 11.9 Å². The fourth-order valence-electron chi connectivity index (χ4n) is 1.59. The average Bonchev–Trinajstić information content (AvgIpc) is 2.77. The Balaban J connectivity index is 2.05. The Kier molecular flexibility index (Phi) is 6.62. The maximum atomic E-state index is 5.63. The van der Waals surface area contributed by atoms with Crippen LogP contribution in [0.15, 0.2) is 4.42 Å². The molecule has 0 fully saturated rings. The summed E-state index contributed by atoms with van der Waals surface area (Å²) in [5.41, 5.74) is 5.63. The highest BCUT2D eigenvalue weighted by atomic mass is 16.4. The van der Waals surface area contributed by atoms with Gasteiger partial charge in [0.2, 0.25) is 5.89 Å². The molecule has 1 aromatic rings. The predicted molar refractivity (Wildman–Crippen MR) is 68.8 cm³/mol. The summed E-state index contributed by atoms with van der Waals surface area (Å²) in [6.45, 7) is 4.94. The van der Waals surface area contributed by atoms with Gasteiger partial charge in [-0.05, 0) is 13.3 Å². The standard InChI is InChI=1S/C12H24N4O/c1-3-4-5-6-7-8-9-14-12-16-15-11(17-12)10(2)13/h10H,3-9,13H2,1-2H3,(H,14,16). The number of anilines is 1. The van der Waals surface area contributed by atoms with Gasteiger partial charge >= 0.3 is 6.01 Å². The average molecular weight is 240 g/mol. The van der Waals surface area contributed by atoms with Crippen molar-refractivity contribution < 1.29 is 4.42 Å². The van der Waals surface area contributed by atoms with E-state index in [0.717, 1.165) is 13.0 Å². The second-order valence-corrected chi connectivity index (χ2v) is 4.43. The monoisotopic (exact) mass is 240 g/mol. The predicted octanol–water partition coefficient (Wildman–Crippen LogP) is 2.86. The van der Waals surface area contributed by atoms with Crippen LogP contribution in [0.5, 0.6) is 0 Å². The van der Waals surface area contributed by atoms with Gasteiger partial charge in [-0.2, -0.15) is 0 Å². The Hall–Kier alpha value is -1.10. The minimum Gasteiger partial charge on any atom is -0.406 e. The summed E-state index contributed by atoms with van der Waals surface area (Å²) >= 11 is 0. The molecule has 0 radical (unpaired) electrons. The summed E-state index contributed by atoms with van der Waals surface area (Å²) < 4.78 is 5.33. The summed E-state index contributed by atoms with van der Waals surface area (Å²) in [6.07, 6.45) is 7.67. The first-order valence-electron chi connectivity index (χ1n) is 6.57.